The SMILES string of the molecule is Nc1onc(-c2cc(F)ccc2F)c1-c1ccc(Cl)cc1. The monoisotopic (exact) mass is 306 g/mol. The number of benzene rings is 2. The highest BCUT2D eigenvalue weighted by molar-refractivity contribution is 6.30. The van der Waals surface area contributed by atoms with Crippen LogP contribution < -0.4 is 5.73 Å². The van der Waals surface area contributed by atoms with Crippen LogP contribution in [-0.4, -0.2) is 5.16 Å². The van der Waals surface area contributed by atoms with E-state index in [0.717, 1.165) is 18.2 Å². The third-order valence-corrected chi connectivity index (χ3v) is 3.29. The molecule has 6 heteroatoms. The van der Waals surface area contributed by atoms with E-state index in [1.807, 2.05) is 0 Å². The van der Waals surface area contributed by atoms with Crippen LogP contribution in [0.1, 0.15) is 0 Å². The number of rotatable bonds is 2. The molecule has 2 N–H and O–H groups in total. The van der Waals surface area contributed by atoms with Crippen LogP contribution in [0.5, 0.6) is 0 Å². The van der Waals surface area contributed by atoms with E-state index in [0.29, 0.717) is 16.1 Å². The van der Waals surface area contributed by atoms with Gasteiger partial charge in [0.25, 0.3) is 0 Å². The van der Waals surface area contributed by atoms with E-state index >= 15 is 0 Å². The van der Waals surface area contributed by atoms with Gasteiger partial charge in [0.15, 0.2) is 0 Å². The molecule has 106 valence electrons. The molecular formula is C15H9ClF2N2O. The number of halogens is 3. The van der Waals surface area contributed by atoms with E-state index in [-0.39, 0.29) is 17.1 Å². The van der Waals surface area contributed by atoms with Gasteiger partial charge in [-0.25, -0.2) is 8.78 Å². The maximum absolute atomic E-state index is 13.9. The fourth-order valence-electron chi connectivity index (χ4n) is 2.06. The molecule has 0 spiro atoms. The molecule has 3 aromatic rings. The lowest BCUT2D eigenvalue weighted by Gasteiger charge is -2.04. The van der Waals surface area contributed by atoms with E-state index in [2.05, 4.69) is 5.16 Å². The minimum absolute atomic E-state index is 0.0135. The quantitative estimate of drug-likeness (QED) is 0.757. The van der Waals surface area contributed by atoms with Crippen molar-refractivity contribution < 1.29 is 13.3 Å². The van der Waals surface area contributed by atoms with Crippen molar-refractivity contribution in [2.24, 2.45) is 0 Å². The maximum Gasteiger partial charge on any atom is 0.230 e. The van der Waals surface area contributed by atoms with Crippen molar-refractivity contribution in [2.45, 2.75) is 0 Å². The van der Waals surface area contributed by atoms with Crippen molar-refractivity contribution in [2.75, 3.05) is 5.73 Å². The summed E-state index contributed by atoms with van der Waals surface area (Å²) in [7, 11) is 0. The molecular weight excluding hydrogens is 298 g/mol. The number of hydrogen-bond donors (Lipinski definition) is 1. The summed E-state index contributed by atoms with van der Waals surface area (Å²) < 4.78 is 32.2. The lowest BCUT2D eigenvalue weighted by Crippen LogP contribution is -1.91. The number of hydrogen-bond acceptors (Lipinski definition) is 3. The van der Waals surface area contributed by atoms with Gasteiger partial charge in [0.05, 0.1) is 5.56 Å². The number of nitrogens with zero attached hydrogens (tertiary/aromatic N) is 1. The molecule has 0 unspecified atom stereocenters. The van der Waals surface area contributed by atoms with Crippen LogP contribution in [0, 0.1) is 11.6 Å². The second-order valence-corrected chi connectivity index (χ2v) is 4.84. The highest BCUT2D eigenvalue weighted by atomic mass is 35.5. The summed E-state index contributed by atoms with van der Waals surface area (Å²) in [4.78, 5) is 0. The van der Waals surface area contributed by atoms with Gasteiger partial charge in [-0.15, -0.1) is 0 Å². The number of aromatic nitrogens is 1. The summed E-state index contributed by atoms with van der Waals surface area (Å²) in [6.45, 7) is 0. The van der Waals surface area contributed by atoms with Gasteiger partial charge in [0.1, 0.15) is 17.3 Å². The van der Waals surface area contributed by atoms with Crippen molar-refractivity contribution in [3.63, 3.8) is 0 Å². The zero-order chi connectivity index (χ0) is 15.0. The first-order valence-corrected chi connectivity index (χ1v) is 6.40. The normalized spacial score (nSPS) is 10.8. The van der Waals surface area contributed by atoms with Crippen molar-refractivity contribution in [3.8, 4) is 22.4 Å². The minimum atomic E-state index is -0.611. The molecule has 3 rings (SSSR count). The molecule has 0 aliphatic heterocycles. The third kappa shape index (κ3) is 2.48. The Labute approximate surface area is 123 Å². The van der Waals surface area contributed by atoms with E-state index in [9.17, 15) is 8.78 Å². The Morgan fingerprint density at radius 1 is 1.05 bits per heavy atom. The number of nitrogen functional groups attached to an aromatic ring is 1. The van der Waals surface area contributed by atoms with E-state index < -0.39 is 11.6 Å². The molecule has 0 bridgehead atoms. The van der Waals surface area contributed by atoms with Gasteiger partial charge in [0, 0.05) is 10.6 Å². The Morgan fingerprint density at radius 3 is 2.48 bits per heavy atom. The minimum Gasteiger partial charge on any atom is -0.367 e. The highest BCUT2D eigenvalue weighted by Gasteiger charge is 2.20. The predicted molar refractivity (Wildman–Crippen MR) is 76.7 cm³/mol. The zero-order valence-electron chi connectivity index (χ0n) is 10.6. The first kappa shape index (κ1) is 13.6. The maximum atomic E-state index is 13.9. The molecule has 2 aromatic carbocycles. The summed E-state index contributed by atoms with van der Waals surface area (Å²) >= 11 is 5.84. The molecule has 0 saturated heterocycles. The summed E-state index contributed by atoms with van der Waals surface area (Å²) in [6.07, 6.45) is 0. The average Bonchev–Trinajstić information content (AvgIpc) is 2.84. The van der Waals surface area contributed by atoms with Crippen molar-refractivity contribution >= 4 is 17.5 Å². The van der Waals surface area contributed by atoms with Crippen LogP contribution >= 0.6 is 11.6 Å². The molecule has 3 nitrogen and oxygen atoms in total. The fraction of sp³-hybridized carbons (Fsp3) is 0. The summed E-state index contributed by atoms with van der Waals surface area (Å²) in [5.74, 6) is -1.16. The molecule has 0 radical (unpaired) electrons. The van der Waals surface area contributed by atoms with Crippen LogP contribution in [0.2, 0.25) is 5.02 Å². The first-order chi connectivity index (χ1) is 10.1. The summed E-state index contributed by atoms with van der Waals surface area (Å²) in [5.41, 5.74) is 6.94. The van der Waals surface area contributed by atoms with Crippen molar-refractivity contribution in [3.05, 3.63) is 59.1 Å². The van der Waals surface area contributed by atoms with E-state index in [4.69, 9.17) is 21.9 Å². The van der Waals surface area contributed by atoms with Crippen molar-refractivity contribution in [1.82, 2.24) is 5.16 Å². The Hall–Kier alpha value is -2.40. The van der Waals surface area contributed by atoms with Gasteiger partial charge in [-0.1, -0.05) is 28.9 Å². The van der Waals surface area contributed by atoms with E-state index in [1.165, 1.54) is 0 Å². The fourth-order valence-corrected chi connectivity index (χ4v) is 2.19. The molecule has 0 fully saturated rings. The lowest BCUT2D eigenvalue weighted by atomic mass is 10.0. The van der Waals surface area contributed by atoms with Crippen LogP contribution in [0.15, 0.2) is 47.0 Å². The Balaban J connectivity index is 2.21. The lowest BCUT2D eigenvalue weighted by molar-refractivity contribution is 0.439. The van der Waals surface area contributed by atoms with Crippen molar-refractivity contribution in [1.29, 1.82) is 0 Å². The van der Waals surface area contributed by atoms with Gasteiger partial charge in [-0.05, 0) is 35.9 Å². The van der Waals surface area contributed by atoms with Gasteiger partial charge in [-0.2, -0.15) is 0 Å². The standard InChI is InChI=1S/C15H9ClF2N2O/c16-9-3-1-8(2-4-9)13-14(20-21-15(13)19)11-7-10(17)5-6-12(11)18/h1-7H,19H2. The van der Waals surface area contributed by atoms with Gasteiger partial charge in [0.2, 0.25) is 5.88 Å². The van der Waals surface area contributed by atoms with Gasteiger partial charge >= 0.3 is 0 Å². The van der Waals surface area contributed by atoms with Crippen LogP contribution in [0.25, 0.3) is 22.4 Å². The molecule has 0 aliphatic rings. The molecule has 0 amide bonds. The first-order valence-electron chi connectivity index (χ1n) is 6.03. The van der Waals surface area contributed by atoms with Gasteiger partial charge < -0.3 is 10.3 Å². The molecule has 0 aliphatic carbocycles. The van der Waals surface area contributed by atoms with Crippen LogP contribution in [0.4, 0.5) is 14.7 Å². The predicted octanol–water partition coefficient (Wildman–Crippen LogP) is 4.52. The van der Waals surface area contributed by atoms with Crippen LogP contribution in [0.3, 0.4) is 0 Å². The molecule has 1 heterocycles. The van der Waals surface area contributed by atoms with Crippen LogP contribution in [-0.2, 0) is 0 Å². The third-order valence-electron chi connectivity index (χ3n) is 3.03. The highest BCUT2D eigenvalue weighted by Crippen LogP contribution is 2.37. The zero-order valence-corrected chi connectivity index (χ0v) is 11.4. The second kappa shape index (κ2) is 5.18. The molecule has 1 aromatic heterocycles. The molecule has 0 saturated carbocycles. The topological polar surface area (TPSA) is 52.0 Å². The average molecular weight is 307 g/mol. The second-order valence-electron chi connectivity index (χ2n) is 4.40. The Kier molecular flexibility index (Phi) is 3.35. The summed E-state index contributed by atoms with van der Waals surface area (Å²) in [5, 5.41) is 4.30. The molecule has 21 heavy (non-hydrogen) atoms. The Bertz CT molecular complexity index is 800. The van der Waals surface area contributed by atoms with E-state index in [1.54, 1.807) is 24.3 Å². The smallest absolute Gasteiger partial charge is 0.230 e. The Morgan fingerprint density at radius 2 is 1.76 bits per heavy atom. The van der Waals surface area contributed by atoms with Gasteiger partial charge in [-0.3, -0.25) is 0 Å². The summed E-state index contributed by atoms with van der Waals surface area (Å²) in [6, 6.07) is 9.83. The number of nitrogens with two attached hydrogens (primary N) is 1. The molecule has 0 atom stereocenters. The number of anilines is 1. The largest absolute Gasteiger partial charge is 0.367 e.